The van der Waals surface area contributed by atoms with E-state index in [2.05, 4.69) is 20.8 Å². The van der Waals surface area contributed by atoms with Gasteiger partial charge in [0.25, 0.3) is 5.56 Å². The van der Waals surface area contributed by atoms with Gasteiger partial charge in [0, 0.05) is 22.1 Å². The summed E-state index contributed by atoms with van der Waals surface area (Å²) in [5.41, 5.74) is 5.01. The van der Waals surface area contributed by atoms with Gasteiger partial charge in [0.05, 0.1) is 11.4 Å². The fraction of sp³-hybridized carbons (Fsp3) is 0.409. The summed E-state index contributed by atoms with van der Waals surface area (Å²) in [6.07, 6.45) is 1.11. The first-order chi connectivity index (χ1) is 15.4. The standard InChI is InChI=1S/C22H27ClN6O4/c1-12-25-16(14-6-5-13(23)9-15(14)26-20(32)21(2,3)4)10-18(31)29(12)11-17(30)27-22(7-8-22)19(24)28-33/h5-6,9-10,33H,7-8,11H2,1-4H3,(H2,24,28)(H,26,32)(H,27,30). The van der Waals surface area contributed by atoms with E-state index >= 15 is 0 Å². The number of halogens is 1. The molecule has 1 saturated carbocycles. The van der Waals surface area contributed by atoms with Crippen LogP contribution in [0.3, 0.4) is 0 Å². The Labute approximate surface area is 195 Å². The summed E-state index contributed by atoms with van der Waals surface area (Å²) in [5.74, 6) is -0.429. The Balaban J connectivity index is 1.89. The lowest BCUT2D eigenvalue weighted by Crippen LogP contribution is -2.48. The van der Waals surface area contributed by atoms with Gasteiger partial charge < -0.3 is 21.6 Å². The lowest BCUT2D eigenvalue weighted by atomic mass is 9.95. The second-order valence-corrected chi connectivity index (χ2v) is 9.56. The molecule has 0 bridgehead atoms. The monoisotopic (exact) mass is 474 g/mol. The molecule has 10 nitrogen and oxygen atoms in total. The van der Waals surface area contributed by atoms with Gasteiger partial charge in [-0.2, -0.15) is 0 Å². The van der Waals surface area contributed by atoms with Crippen LogP contribution in [-0.2, 0) is 16.1 Å². The van der Waals surface area contributed by atoms with E-state index in [1.165, 1.54) is 10.6 Å². The van der Waals surface area contributed by atoms with Crippen LogP contribution in [0.2, 0.25) is 5.02 Å². The highest BCUT2D eigenvalue weighted by molar-refractivity contribution is 6.31. The second-order valence-electron chi connectivity index (χ2n) is 9.12. The molecule has 1 aliphatic rings. The number of aryl methyl sites for hydroxylation is 1. The molecular weight excluding hydrogens is 448 g/mol. The van der Waals surface area contributed by atoms with Crippen LogP contribution < -0.4 is 21.9 Å². The number of hydrogen-bond donors (Lipinski definition) is 4. The zero-order valence-electron chi connectivity index (χ0n) is 18.9. The summed E-state index contributed by atoms with van der Waals surface area (Å²) < 4.78 is 1.23. The average Bonchev–Trinajstić information content (AvgIpc) is 3.50. The second kappa shape index (κ2) is 8.86. The maximum absolute atomic E-state index is 12.8. The lowest BCUT2D eigenvalue weighted by molar-refractivity contribution is -0.123. The number of nitrogens with zero attached hydrogens (tertiary/aromatic N) is 3. The smallest absolute Gasteiger partial charge is 0.254 e. The maximum atomic E-state index is 12.8. The summed E-state index contributed by atoms with van der Waals surface area (Å²) in [6.45, 7) is 6.69. The van der Waals surface area contributed by atoms with Crippen molar-refractivity contribution in [2.24, 2.45) is 16.3 Å². The predicted octanol–water partition coefficient (Wildman–Crippen LogP) is 2.25. The van der Waals surface area contributed by atoms with Crippen LogP contribution in [0.5, 0.6) is 0 Å². The first-order valence-electron chi connectivity index (χ1n) is 10.4. The fourth-order valence-electron chi connectivity index (χ4n) is 3.22. The Morgan fingerprint density at radius 3 is 2.52 bits per heavy atom. The number of anilines is 1. The molecule has 33 heavy (non-hydrogen) atoms. The topological polar surface area (TPSA) is 152 Å². The van der Waals surface area contributed by atoms with Crippen LogP contribution >= 0.6 is 11.6 Å². The van der Waals surface area contributed by atoms with Gasteiger partial charge in [-0.05, 0) is 38.0 Å². The number of hydrogen-bond acceptors (Lipinski definition) is 6. The van der Waals surface area contributed by atoms with E-state index in [0.717, 1.165) is 0 Å². The number of benzene rings is 1. The Morgan fingerprint density at radius 1 is 1.30 bits per heavy atom. The van der Waals surface area contributed by atoms with Crippen molar-refractivity contribution in [1.82, 2.24) is 14.9 Å². The van der Waals surface area contributed by atoms with Crippen molar-refractivity contribution >= 4 is 34.9 Å². The number of amides is 2. The fourth-order valence-corrected chi connectivity index (χ4v) is 3.39. The Hall–Kier alpha value is -3.40. The van der Waals surface area contributed by atoms with Crippen molar-refractivity contribution < 1.29 is 14.8 Å². The lowest BCUT2D eigenvalue weighted by Gasteiger charge is -2.20. The van der Waals surface area contributed by atoms with Crippen LogP contribution in [-0.4, -0.2) is 37.9 Å². The van der Waals surface area contributed by atoms with Crippen molar-refractivity contribution in [1.29, 1.82) is 0 Å². The number of aromatic nitrogens is 2. The predicted molar refractivity (Wildman–Crippen MR) is 125 cm³/mol. The van der Waals surface area contributed by atoms with Crippen LogP contribution in [0.25, 0.3) is 11.3 Å². The minimum atomic E-state index is -0.861. The van der Waals surface area contributed by atoms with Crippen LogP contribution in [0, 0.1) is 12.3 Å². The van der Waals surface area contributed by atoms with Crippen molar-refractivity contribution in [3.05, 3.63) is 45.5 Å². The molecule has 2 aromatic rings. The molecule has 1 heterocycles. The molecule has 3 rings (SSSR count). The molecule has 0 saturated heterocycles. The van der Waals surface area contributed by atoms with E-state index in [4.69, 9.17) is 22.5 Å². The van der Waals surface area contributed by atoms with E-state index in [1.54, 1.807) is 45.9 Å². The van der Waals surface area contributed by atoms with Gasteiger partial charge in [-0.25, -0.2) is 4.98 Å². The van der Waals surface area contributed by atoms with Gasteiger partial charge in [-0.1, -0.05) is 37.5 Å². The summed E-state index contributed by atoms with van der Waals surface area (Å²) in [6, 6.07) is 6.21. The Kier molecular flexibility index (Phi) is 6.51. The molecule has 1 aromatic heterocycles. The molecule has 2 amide bonds. The molecule has 1 aliphatic carbocycles. The van der Waals surface area contributed by atoms with Crippen LogP contribution in [0.15, 0.2) is 34.2 Å². The van der Waals surface area contributed by atoms with Crippen molar-refractivity contribution in [2.75, 3.05) is 5.32 Å². The van der Waals surface area contributed by atoms with Gasteiger partial charge in [-0.15, -0.1) is 0 Å². The minimum Gasteiger partial charge on any atom is -0.409 e. The number of amidine groups is 1. The molecule has 0 unspecified atom stereocenters. The maximum Gasteiger partial charge on any atom is 0.254 e. The third kappa shape index (κ3) is 5.33. The molecule has 1 fully saturated rings. The SMILES string of the molecule is Cc1nc(-c2ccc(Cl)cc2NC(=O)C(C)(C)C)cc(=O)n1CC(=O)NC1(C(N)=NO)CC1. The minimum absolute atomic E-state index is 0.0686. The van der Waals surface area contributed by atoms with Gasteiger partial charge in [-0.3, -0.25) is 19.0 Å². The summed E-state index contributed by atoms with van der Waals surface area (Å²) in [4.78, 5) is 42.3. The first-order valence-corrected chi connectivity index (χ1v) is 10.7. The van der Waals surface area contributed by atoms with Crippen molar-refractivity contribution in [3.8, 4) is 11.3 Å². The molecule has 0 atom stereocenters. The Bertz CT molecular complexity index is 1190. The number of nitrogens with one attached hydrogen (secondary N) is 2. The zero-order chi connectivity index (χ0) is 24.6. The Morgan fingerprint density at radius 2 is 1.97 bits per heavy atom. The number of oxime groups is 1. The molecule has 0 radical (unpaired) electrons. The van der Waals surface area contributed by atoms with Crippen LogP contribution in [0.1, 0.15) is 39.4 Å². The molecule has 11 heteroatoms. The molecular formula is C22H27ClN6O4. The van der Waals surface area contributed by atoms with E-state index in [1.807, 2.05) is 0 Å². The number of nitrogens with two attached hydrogens (primary N) is 1. The largest absolute Gasteiger partial charge is 0.409 e. The highest BCUT2D eigenvalue weighted by atomic mass is 35.5. The van der Waals surface area contributed by atoms with E-state index in [9.17, 15) is 14.4 Å². The van der Waals surface area contributed by atoms with Gasteiger partial charge >= 0.3 is 0 Å². The molecule has 0 spiro atoms. The highest BCUT2D eigenvalue weighted by Crippen LogP contribution is 2.35. The highest BCUT2D eigenvalue weighted by Gasteiger charge is 2.48. The van der Waals surface area contributed by atoms with Crippen molar-refractivity contribution in [3.63, 3.8) is 0 Å². The number of carbonyl (C=O) groups excluding carboxylic acids is 2. The summed E-state index contributed by atoms with van der Waals surface area (Å²) in [5, 5.41) is 17.8. The zero-order valence-corrected chi connectivity index (χ0v) is 19.7. The number of carbonyl (C=O) groups is 2. The van der Waals surface area contributed by atoms with E-state index in [-0.39, 0.29) is 18.3 Å². The van der Waals surface area contributed by atoms with E-state index in [0.29, 0.717) is 40.6 Å². The average molecular weight is 475 g/mol. The number of rotatable bonds is 6. The quantitative estimate of drug-likeness (QED) is 0.218. The summed E-state index contributed by atoms with van der Waals surface area (Å²) in [7, 11) is 0. The molecule has 1 aromatic carbocycles. The third-order valence-electron chi connectivity index (χ3n) is 5.41. The normalized spacial score (nSPS) is 15.1. The van der Waals surface area contributed by atoms with E-state index < -0.39 is 22.4 Å². The molecule has 0 aliphatic heterocycles. The van der Waals surface area contributed by atoms with Crippen LogP contribution in [0.4, 0.5) is 5.69 Å². The third-order valence-corrected chi connectivity index (χ3v) is 5.65. The summed E-state index contributed by atoms with van der Waals surface area (Å²) >= 11 is 6.12. The van der Waals surface area contributed by atoms with Gasteiger partial charge in [0.1, 0.15) is 17.9 Å². The van der Waals surface area contributed by atoms with Gasteiger partial charge in [0.15, 0.2) is 5.84 Å². The van der Waals surface area contributed by atoms with Gasteiger partial charge in [0.2, 0.25) is 11.8 Å². The molecule has 5 N–H and O–H groups in total. The van der Waals surface area contributed by atoms with Crippen molar-refractivity contribution in [2.45, 2.75) is 52.6 Å². The molecule has 176 valence electrons. The first kappa shape index (κ1) is 24.2.